The third kappa shape index (κ3) is 52.9. The lowest BCUT2D eigenvalue weighted by atomic mass is 9.92. The summed E-state index contributed by atoms with van der Waals surface area (Å²) in [5, 5.41) is 4.69. The van der Waals surface area contributed by atoms with Crippen molar-refractivity contribution in [2.75, 3.05) is 338 Å². The third-order valence-corrected chi connectivity index (χ3v) is 14.2. The first-order valence-corrected chi connectivity index (χ1v) is 33.3. The lowest BCUT2D eigenvalue weighted by molar-refractivity contribution is -0.311. The van der Waals surface area contributed by atoms with E-state index >= 15 is 0 Å². The summed E-state index contributed by atoms with van der Waals surface area (Å²) in [5.41, 5.74) is 15.7. The van der Waals surface area contributed by atoms with E-state index in [9.17, 15) is 4.79 Å². The molecule has 2 rings (SSSR count). The van der Waals surface area contributed by atoms with Gasteiger partial charge in [0.2, 0.25) is 0 Å². The topological polar surface area (TPSA) is 320 Å². The molecule has 1 saturated carbocycles. The summed E-state index contributed by atoms with van der Waals surface area (Å²) >= 11 is 0. The zero-order chi connectivity index (χ0) is 65.8. The minimum Gasteiger partial charge on any atom is -0.449 e. The molecule has 0 bridgehead atoms. The minimum absolute atomic E-state index is 0.207. The fraction of sp³-hybridized carbons (Fsp3) is 0.952. The van der Waals surface area contributed by atoms with E-state index in [0.717, 1.165) is 31.4 Å². The first-order chi connectivity index (χ1) is 45.5. The first kappa shape index (κ1) is 85.9. The Morgan fingerprint density at radius 3 is 0.837 bits per heavy atom. The van der Waals surface area contributed by atoms with Crippen LogP contribution in [0, 0.1) is 17.3 Å². The van der Waals surface area contributed by atoms with Gasteiger partial charge >= 0.3 is 6.09 Å². The number of fused-ring (bicyclic) bond motifs is 1. The molecule has 0 spiro atoms. The van der Waals surface area contributed by atoms with Crippen LogP contribution in [0.2, 0.25) is 0 Å². The van der Waals surface area contributed by atoms with Crippen molar-refractivity contribution < 1.29 is 124 Å². The monoisotopic (exact) mass is 1340 g/mol. The van der Waals surface area contributed by atoms with Crippen LogP contribution in [0.15, 0.2) is 11.4 Å². The normalized spacial score (nSPS) is 17.3. The third-order valence-electron chi connectivity index (χ3n) is 14.2. The largest absolute Gasteiger partial charge is 0.449 e. The van der Waals surface area contributed by atoms with E-state index in [0.29, 0.717) is 335 Å². The molecule has 30 heteroatoms. The average Bonchev–Trinajstić information content (AvgIpc) is 1.57. The Hall–Kier alpha value is -2.23. The van der Waals surface area contributed by atoms with Gasteiger partial charge in [0.25, 0.3) is 0 Å². The van der Waals surface area contributed by atoms with Crippen molar-refractivity contribution >= 4 is 6.09 Å². The Kier molecular flexibility index (Phi) is 62.8. The molecular formula is C62H124N5O25+. The maximum atomic E-state index is 11.6. The summed E-state index contributed by atoms with van der Waals surface area (Å²) in [6.45, 7) is 26.8. The molecule has 2 aliphatic rings. The lowest BCUT2D eigenvalue weighted by Gasteiger charge is -2.28. The Bertz CT molecular complexity index is 1600. The Morgan fingerprint density at radius 2 is 0.620 bits per heavy atom. The fourth-order valence-corrected chi connectivity index (χ4v) is 9.13. The molecule has 0 heterocycles. The van der Waals surface area contributed by atoms with Crippen molar-refractivity contribution in [3.8, 4) is 0 Å². The summed E-state index contributed by atoms with van der Waals surface area (Å²) in [6.07, 6.45) is 3.59. The molecule has 2 unspecified atom stereocenters. The molecular weight excluding hydrogens is 1210 g/mol. The number of carbonyl (C=O) groups is 1. The Morgan fingerprint density at radius 1 is 0.391 bits per heavy atom. The number of alkyl carbamates (subject to hydrolysis) is 1. The number of rotatable bonds is 75. The summed E-state index contributed by atoms with van der Waals surface area (Å²) in [4.78, 5) is 11.6. The number of nitrogens with zero attached hydrogens (tertiary/aromatic N) is 1. The van der Waals surface area contributed by atoms with Crippen molar-refractivity contribution in [3.63, 3.8) is 0 Å². The maximum absolute atomic E-state index is 11.6. The summed E-state index contributed by atoms with van der Waals surface area (Å²) in [6, 6.07) is 0. The van der Waals surface area contributed by atoms with E-state index in [1.54, 1.807) is 7.05 Å². The zero-order valence-corrected chi connectivity index (χ0v) is 56.6. The van der Waals surface area contributed by atoms with Gasteiger partial charge in [-0.25, -0.2) is 10.2 Å². The number of hydrogen-bond acceptors (Lipinski definition) is 28. The molecule has 0 aromatic carbocycles. The number of nitrogens with two attached hydrogens (primary N) is 1. The highest BCUT2D eigenvalue weighted by atomic mass is 16.6. The SMILES string of the molecule is CNC(=O)OC[C@H]1C2CC/C(N(CCOCCOCCOCCOCCOCCOCCOCCOCCOCCOCCOCCOCCOCCOCCOCCOCCOCCOCCOCCOCCOCCOCCOCCN)NC)=C(/[NH3+])CCC21C. The average molecular weight is 1340 g/mol. The summed E-state index contributed by atoms with van der Waals surface area (Å²) in [7, 11) is 3.52. The molecule has 7 N–H and O–H groups in total. The highest BCUT2D eigenvalue weighted by Gasteiger charge is 2.60. The van der Waals surface area contributed by atoms with Gasteiger partial charge in [-0.1, -0.05) is 6.92 Å². The molecule has 1 fully saturated rings. The number of nitrogens with one attached hydrogen (secondary N) is 2. The molecule has 0 radical (unpaired) electrons. The van der Waals surface area contributed by atoms with E-state index in [2.05, 4.69) is 28.4 Å². The molecule has 1 amide bonds. The molecule has 0 saturated heterocycles. The maximum Gasteiger partial charge on any atom is 0.406 e. The number of amides is 1. The number of quaternary nitrogens is 1. The van der Waals surface area contributed by atoms with Crippen LogP contribution in [0.1, 0.15) is 32.6 Å². The van der Waals surface area contributed by atoms with Crippen molar-refractivity contribution in [2.24, 2.45) is 23.0 Å². The van der Waals surface area contributed by atoms with Gasteiger partial charge in [-0.15, -0.1) is 0 Å². The summed E-state index contributed by atoms with van der Waals surface area (Å²) < 4.78 is 133. The van der Waals surface area contributed by atoms with Gasteiger partial charge in [0.15, 0.2) is 0 Å². The fourth-order valence-electron chi connectivity index (χ4n) is 9.13. The number of ether oxygens (including phenoxy) is 24. The number of hydrazine groups is 1. The standard InChI is InChI=1S/C62H123N5O25/c1-62-7-6-59(64)60(5-4-57(62)58(62)56-92-61(68)65-2)67(66-3)9-11-70-13-15-72-17-19-74-21-23-76-25-27-78-29-31-80-33-35-82-37-39-84-41-43-86-45-47-88-49-51-90-53-55-91-54-52-89-50-48-87-46-44-85-42-40-83-38-36-81-34-32-79-30-28-77-26-24-75-22-20-73-18-16-71-14-12-69-10-8-63/h57-58,66H,4-56,63-64H2,1-3H3,(H,65,68)/p+1/b60-59-/t57?,58-,62?/m0/s1. The highest BCUT2D eigenvalue weighted by molar-refractivity contribution is 5.66. The predicted molar refractivity (Wildman–Crippen MR) is 338 cm³/mol. The van der Waals surface area contributed by atoms with Gasteiger partial charge in [-0.3, -0.25) is 0 Å². The Balaban J connectivity index is 1.13. The van der Waals surface area contributed by atoms with Crippen LogP contribution in [0.5, 0.6) is 0 Å². The van der Waals surface area contributed by atoms with Crippen LogP contribution in [0.25, 0.3) is 0 Å². The molecule has 0 aromatic rings. The molecule has 546 valence electrons. The van der Waals surface area contributed by atoms with Crippen molar-refractivity contribution in [1.29, 1.82) is 0 Å². The second-order valence-corrected chi connectivity index (χ2v) is 20.9. The second kappa shape index (κ2) is 67.3. The second-order valence-electron chi connectivity index (χ2n) is 20.9. The number of carbonyl (C=O) groups excluding carboxylic acids is 1. The highest BCUT2D eigenvalue weighted by Crippen LogP contribution is 2.64. The van der Waals surface area contributed by atoms with Crippen molar-refractivity contribution in [3.05, 3.63) is 11.4 Å². The summed E-state index contributed by atoms with van der Waals surface area (Å²) in [5.74, 6) is 0.945. The van der Waals surface area contributed by atoms with E-state index in [-0.39, 0.29) is 11.5 Å². The number of allylic oxidation sites excluding steroid dienone is 2. The quantitative estimate of drug-likeness (QED) is 0.0473. The van der Waals surface area contributed by atoms with Crippen LogP contribution in [0.4, 0.5) is 4.79 Å². The van der Waals surface area contributed by atoms with Crippen molar-refractivity contribution in [2.45, 2.75) is 32.6 Å². The van der Waals surface area contributed by atoms with E-state index in [4.69, 9.17) is 119 Å². The van der Waals surface area contributed by atoms with Gasteiger partial charge in [-0.05, 0) is 30.6 Å². The molecule has 92 heavy (non-hydrogen) atoms. The smallest absolute Gasteiger partial charge is 0.406 e. The molecule has 0 aliphatic heterocycles. The van der Waals surface area contributed by atoms with Crippen LogP contribution in [-0.4, -0.2) is 349 Å². The first-order valence-electron chi connectivity index (χ1n) is 33.3. The van der Waals surface area contributed by atoms with Gasteiger partial charge < -0.3 is 135 Å². The predicted octanol–water partition coefficient (Wildman–Crippen LogP) is 0.399. The van der Waals surface area contributed by atoms with Crippen LogP contribution in [-0.2, 0) is 114 Å². The Labute approximate surface area is 549 Å². The van der Waals surface area contributed by atoms with Crippen LogP contribution >= 0.6 is 0 Å². The minimum atomic E-state index is -0.365. The molecule has 0 aromatic heterocycles. The number of hydrogen-bond donors (Lipinski definition) is 4. The van der Waals surface area contributed by atoms with Gasteiger partial charge in [0.05, 0.1) is 323 Å². The van der Waals surface area contributed by atoms with E-state index < -0.39 is 0 Å². The van der Waals surface area contributed by atoms with E-state index in [1.807, 2.05) is 7.05 Å². The van der Waals surface area contributed by atoms with Crippen molar-refractivity contribution in [1.82, 2.24) is 15.8 Å². The molecule has 3 atom stereocenters. The van der Waals surface area contributed by atoms with Crippen LogP contribution in [0.3, 0.4) is 0 Å². The zero-order valence-electron chi connectivity index (χ0n) is 56.6. The van der Waals surface area contributed by atoms with Gasteiger partial charge in [-0.2, -0.15) is 0 Å². The molecule has 2 aliphatic carbocycles. The van der Waals surface area contributed by atoms with Gasteiger partial charge in [0.1, 0.15) is 5.70 Å². The van der Waals surface area contributed by atoms with Gasteiger partial charge in [0, 0.05) is 33.0 Å². The molecule has 30 nitrogen and oxygen atoms in total. The lowest BCUT2D eigenvalue weighted by Crippen LogP contribution is -2.52. The van der Waals surface area contributed by atoms with Crippen LogP contribution < -0.4 is 22.2 Å². The van der Waals surface area contributed by atoms with E-state index in [1.165, 1.54) is 5.70 Å².